The van der Waals surface area contributed by atoms with Crippen molar-refractivity contribution in [3.63, 3.8) is 0 Å². The van der Waals surface area contributed by atoms with Crippen LogP contribution in [0.3, 0.4) is 0 Å². The Morgan fingerprint density at radius 2 is 2.03 bits per heavy atom. The Kier molecular flexibility index (Phi) is 6.79. The van der Waals surface area contributed by atoms with Gasteiger partial charge in [0, 0.05) is 57.9 Å². The fourth-order valence-electron chi connectivity index (χ4n) is 3.22. The Morgan fingerprint density at radius 3 is 2.76 bits per heavy atom. The monoisotopic (exact) mass is 415 g/mol. The first-order chi connectivity index (χ1) is 13.6. The zero-order valence-electron chi connectivity index (χ0n) is 16.9. The highest BCUT2D eigenvalue weighted by atomic mass is 35.5. The summed E-state index contributed by atoms with van der Waals surface area (Å²) in [6.07, 6.45) is 5.17. The fraction of sp³-hybridized carbons (Fsp3) is 0.400. The van der Waals surface area contributed by atoms with Crippen molar-refractivity contribution in [2.45, 2.75) is 6.04 Å². The van der Waals surface area contributed by atoms with E-state index in [4.69, 9.17) is 9.72 Å². The Morgan fingerprint density at radius 1 is 1.21 bits per heavy atom. The van der Waals surface area contributed by atoms with Crippen LogP contribution in [0.1, 0.15) is 0 Å². The summed E-state index contributed by atoms with van der Waals surface area (Å²) >= 11 is 0. The summed E-state index contributed by atoms with van der Waals surface area (Å²) in [5.74, 6) is 1.41. The highest BCUT2D eigenvalue weighted by Gasteiger charge is 2.20. The summed E-state index contributed by atoms with van der Waals surface area (Å²) in [6, 6.07) is 6.21. The van der Waals surface area contributed by atoms with Gasteiger partial charge in [-0.05, 0) is 25.2 Å². The molecule has 0 aliphatic carbocycles. The molecule has 1 atom stereocenters. The number of ether oxygens (including phenoxy) is 1. The van der Waals surface area contributed by atoms with Crippen molar-refractivity contribution in [2.24, 2.45) is 0 Å². The molecule has 0 saturated carbocycles. The lowest BCUT2D eigenvalue weighted by atomic mass is 10.1. The third-order valence-corrected chi connectivity index (χ3v) is 4.98. The minimum absolute atomic E-state index is 0. The van der Waals surface area contributed by atoms with Gasteiger partial charge in [0.1, 0.15) is 12.4 Å². The predicted octanol–water partition coefficient (Wildman–Crippen LogP) is 1.86. The number of rotatable bonds is 5. The van der Waals surface area contributed by atoms with Crippen molar-refractivity contribution in [1.82, 2.24) is 30.2 Å². The summed E-state index contributed by atoms with van der Waals surface area (Å²) in [5, 5.41) is 3.41. The first kappa shape index (κ1) is 21.2. The zero-order valence-corrected chi connectivity index (χ0v) is 17.7. The fourth-order valence-corrected chi connectivity index (χ4v) is 3.22. The van der Waals surface area contributed by atoms with Gasteiger partial charge in [0.05, 0.1) is 17.3 Å². The van der Waals surface area contributed by atoms with Gasteiger partial charge in [-0.25, -0.2) is 15.0 Å². The van der Waals surface area contributed by atoms with Crippen LogP contribution < -0.4 is 15.0 Å². The van der Waals surface area contributed by atoms with Gasteiger partial charge in [-0.2, -0.15) is 0 Å². The Balaban J connectivity index is 0.00000240. The van der Waals surface area contributed by atoms with E-state index in [1.165, 1.54) is 0 Å². The topological polar surface area (TPSA) is 79.3 Å². The number of aromatic nitrogens is 4. The molecule has 1 aliphatic rings. The molecule has 3 aromatic rings. The van der Waals surface area contributed by atoms with E-state index in [1.54, 1.807) is 12.4 Å². The molecular formula is C20H26ClN7O. The van der Waals surface area contributed by atoms with E-state index < -0.39 is 0 Å². The number of fused-ring (bicyclic) bond motifs is 1. The molecule has 1 saturated heterocycles. The quantitative estimate of drug-likeness (QED) is 0.676. The molecule has 4 heterocycles. The van der Waals surface area contributed by atoms with E-state index in [0.717, 1.165) is 42.2 Å². The van der Waals surface area contributed by atoms with Crippen molar-refractivity contribution in [2.75, 3.05) is 52.3 Å². The van der Waals surface area contributed by atoms with Crippen molar-refractivity contribution >= 4 is 29.3 Å². The standard InChI is InChI=1S/C20H25N7O.ClH/c1-26(2)18-5-4-14(11-24-18)16-10-17-19(23-7-6-22-17)20(25-16)28-13-15-12-21-8-9-27(15)3;/h4-7,10-11,15,21H,8-9,12-13H2,1-3H3;1H/t15-;/m0./s1. The molecule has 154 valence electrons. The van der Waals surface area contributed by atoms with Gasteiger partial charge in [-0.1, -0.05) is 0 Å². The maximum atomic E-state index is 6.13. The van der Waals surface area contributed by atoms with Gasteiger partial charge < -0.3 is 15.0 Å². The second kappa shape index (κ2) is 9.30. The largest absolute Gasteiger partial charge is 0.474 e. The van der Waals surface area contributed by atoms with Gasteiger partial charge in [0.25, 0.3) is 0 Å². The average Bonchev–Trinajstić information content (AvgIpc) is 2.73. The van der Waals surface area contributed by atoms with Crippen LogP contribution in [0.4, 0.5) is 5.82 Å². The second-order valence-corrected chi connectivity index (χ2v) is 7.19. The number of likely N-dealkylation sites (N-methyl/N-ethyl adjacent to an activating group) is 1. The predicted molar refractivity (Wildman–Crippen MR) is 117 cm³/mol. The molecule has 0 bridgehead atoms. The van der Waals surface area contributed by atoms with Crippen molar-refractivity contribution in [1.29, 1.82) is 0 Å². The maximum Gasteiger partial charge on any atom is 0.242 e. The van der Waals surface area contributed by atoms with E-state index >= 15 is 0 Å². The Hall–Kier alpha value is -2.55. The number of pyridine rings is 2. The van der Waals surface area contributed by atoms with Crippen LogP contribution in [0, 0.1) is 0 Å². The maximum absolute atomic E-state index is 6.13. The van der Waals surface area contributed by atoms with Crippen LogP contribution in [-0.4, -0.2) is 78.3 Å². The number of hydrogen-bond acceptors (Lipinski definition) is 8. The summed E-state index contributed by atoms with van der Waals surface area (Å²) in [7, 11) is 6.05. The molecule has 0 radical (unpaired) electrons. The van der Waals surface area contributed by atoms with Crippen LogP contribution in [0.2, 0.25) is 0 Å². The van der Waals surface area contributed by atoms with E-state index in [9.17, 15) is 0 Å². The lowest BCUT2D eigenvalue weighted by molar-refractivity contribution is 0.134. The van der Waals surface area contributed by atoms with Crippen LogP contribution in [0.25, 0.3) is 22.3 Å². The van der Waals surface area contributed by atoms with Gasteiger partial charge in [-0.3, -0.25) is 9.88 Å². The number of halogens is 1. The molecule has 3 aromatic heterocycles. The van der Waals surface area contributed by atoms with E-state index in [-0.39, 0.29) is 12.4 Å². The SMILES string of the molecule is CN(C)c1ccc(-c2cc3nccnc3c(OC[C@@H]3CNCCN3C)n2)cn1.Cl. The van der Waals surface area contributed by atoms with Crippen LogP contribution in [0.15, 0.2) is 36.8 Å². The Labute approximate surface area is 176 Å². The zero-order chi connectivity index (χ0) is 19.5. The molecule has 1 N–H and O–H groups in total. The molecule has 1 fully saturated rings. The molecule has 29 heavy (non-hydrogen) atoms. The third kappa shape index (κ3) is 4.72. The molecule has 0 unspecified atom stereocenters. The minimum Gasteiger partial charge on any atom is -0.474 e. The van der Waals surface area contributed by atoms with Crippen LogP contribution in [0.5, 0.6) is 5.88 Å². The normalized spacial score (nSPS) is 17.0. The molecule has 9 heteroatoms. The number of anilines is 1. The average molecular weight is 416 g/mol. The highest BCUT2D eigenvalue weighted by molar-refractivity contribution is 5.85. The second-order valence-electron chi connectivity index (χ2n) is 7.19. The van der Waals surface area contributed by atoms with Gasteiger partial charge >= 0.3 is 0 Å². The van der Waals surface area contributed by atoms with Gasteiger partial charge in [0.15, 0.2) is 5.52 Å². The van der Waals surface area contributed by atoms with Crippen molar-refractivity contribution in [3.05, 3.63) is 36.8 Å². The van der Waals surface area contributed by atoms with E-state index in [0.29, 0.717) is 24.0 Å². The number of nitrogens with one attached hydrogen (secondary N) is 1. The molecule has 0 amide bonds. The third-order valence-electron chi connectivity index (χ3n) is 4.98. The number of nitrogens with zero attached hydrogens (tertiary/aromatic N) is 6. The number of piperazine rings is 1. The summed E-state index contributed by atoms with van der Waals surface area (Å²) in [5.41, 5.74) is 3.13. The number of hydrogen-bond donors (Lipinski definition) is 1. The highest BCUT2D eigenvalue weighted by Crippen LogP contribution is 2.27. The van der Waals surface area contributed by atoms with Crippen molar-refractivity contribution in [3.8, 4) is 17.1 Å². The first-order valence-corrected chi connectivity index (χ1v) is 9.41. The van der Waals surface area contributed by atoms with E-state index in [2.05, 4.69) is 32.2 Å². The molecule has 8 nitrogen and oxygen atoms in total. The lowest BCUT2D eigenvalue weighted by Gasteiger charge is -2.32. The molecular weight excluding hydrogens is 390 g/mol. The van der Waals surface area contributed by atoms with Crippen molar-refractivity contribution < 1.29 is 4.74 Å². The first-order valence-electron chi connectivity index (χ1n) is 9.41. The minimum atomic E-state index is 0. The molecule has 0 aromatic carbocycles. The summed E-state index contributed by atoms with van der Waals surface area (Å²) < 4.78 is 6.13. The summed E-state index contributed by atoms with van der Waals surface area (Å²) in [4.78, 5) is 22.4. The molecule has 4 rings (SSSR count). The van der Waals surface area contributed by atoms with Gasteiger partial charge in [-0.15, -0.1) is 12.4 Å². The molecule has 1 aliphatic heterocycles. The Bertz CT molecular complexity index is 951. The summed E-state index contributed by atoms with van der Waals surface area (Å²) in [6.45, 7) is 3.45. The smallest absolute Gasteiger partial charge is 0.242 e. The van der Waals surface area contributed by atoms with Crippen LogP contribution in [-0.2, 0) is 0 Å². The van der Waals surface area contributed by atoms with E-state index in [1.807, 2.05) is 43.4 Å². The van der Waals surface area contributed by atoms with Gasteiger partial charge in [0.2, 0.25) is 5.88 Å². The lowest BCUT2D eigenvalue weighted by Crippen LogP contribution is -2.51. The van der Waals surface area contributed by atoms with Crippen LogP contribution >= 0.6 is 12.4 Å². The molecule has 0 spiro atoms.